The first-order chi connectivity index (χ1) is 11.2. The van der Waals surface area contributed by atoms with Gasteiger partial charge in [0.1, 0.15) is 6.10 Å². The van der Waals surface area contributed by atoms with Crippen LogP contribution in [0.3, 0.4) is 0 Å². The molecule has 0 spiro atoms. The van der Waals surface area contributed by atoms with Gasteiger partial charge in [-0.1, -0.05) is 5.16 Å². The smallest absolute Gasteiger partial charge is 0.306 e. The molecule has 122 valence electrons. The molecule has 6 nitrogen and oxygen atoms in total. The Labute approximate surface area is 138 Å². The third-order valence-electron chi connectivity index (χ3n) is 4.25. The van der Waals surface area contributed by atoms with Gasteiger partial charge in [0, 0.05) is 12.3 Å². The van der Waals surface area contributed by atoms with Gasteiger partial charge < -0.3 is 9.26 Å². The van der Waals surface area contributed by atoms with Gasteiger partial charge in [-0.25, -0.2) is 4.98 Å². The molecule has 2 aromatic rings. The SMILES string of the molecule is Cc1nc2c(s1)C(OC(=O)CCc1nc(C3CC3)no1)CCC2. The lowest BCUT2D eigenvalue weighted by Gasteiger charge is -2.21. The summed E-state index contributed by atoms with van der Waals surface area (Å²) in [5.41, 5.74) is 1.10. The Morgan fingerprint density at radius 1 is 1.35 bits per heavy atom. The van der Waals surface area contributed by atoms with Gasteiger partial charge in [-0.05, 0) is 39.0 Å². The Kier molecular flexibility index (Phi) is 3.88. The van der Waals surface area contributed by atoms with E-state index in [1.54, 1.807) is 11.3 Å². The van der Waals surface area contributed by atoms with Crippen molar-refractivity contribution >= 4 is 17.3 Å². The fraction of sp³-hybridized carbons (Fsp3) is 0.625. The summed E-state index contributed by atoms with van der Waals surface area (Å²) in [6.45, 7) is 1.99. The first-order valence-corrected chi connectivity index (χ1v) is 8.99. The van der Waals surface area contributed by atoms with Crippen molar-refractivity contribution < 1.29 is 14.1 Å². The van der Waals surface area contributed by atoms with Crippen molar-refractivity contribution in [3.05, 3.63) is 27.3 Å². The zero-order chi connectivity index (χ0) is 15.8. The van der Waals surface area contributed by atoms with Gasteiger partial charge in [0.05, 0.1) is 22.0 Å². The van der Waals surface area contributed by atoms with Crippen LogP contribution in [0.5, 0.6) is 0 Å². The highest BCUT2D eigenvalue weighted by atomic mass is 32.1. The highest BCUT2D eigenvalue weighted by molar-refractivity contribution is 7.11. The fourth-order valence-corrected chi connectivity index (χ4v) is 3.96. The summed E-state index contributed by atoms with van der Waals surface area (Å²) in [4.78, 5) is 22.1. The van der Waals surface area contributed by atoms with Gasteiger partial charge in [0.2, 0.25) is 5.89 Å². The first kappa shape index (κ1) is 14.8. The largest absolute Gasteiger partial charge is 0.457 e. The van der Waals surface area contributed by atoms with E-state index in [2.05, 4.69) is 15.1 Å². The molecule has 1 atom stereocenters. The predicted octanol–water partition coefficient (Wildman–Crippen LogP) is 3.27. The zero-order valence-electron chi connectivity index (χ0n) is 13.1. The highest BCUT2D eigenvalue weighted by Crippen LogP contribution is 2.38. The number of nitrogens with zero attached hydrogens (tertiary/aromatic N) is 3. The average molecular weight is 333 g/mol. The fourth-order valence-electron chi connectivity index (χ4n) is 2.92. The Hall–Kier alpha value is -1.76. The third kappa shape index (κ3) is 3.29. The van der Waals surface area contributed by atoms with Crippen LogP contribution in [0.2, 0.25) is 0 Å². The van der Waals surface area contributed by atoms with Crippen molar-refractivity contribution in [1.29, 1.82) is 0 Å². The minimum Gasteiger partial charge on any atom is -0.457 e. The minimum atomic E-state index is -0.208. The van der Waals surface area contributed by atoms with Gasteiger partial charge in [-0.3, -0.25) is 4.79 Å². The summed E-state index contributed by atoms with van der Waals surface area (Å²) in [7, 11) is 0. The van der Waals surface area contributed by atoms with E-state index in [1.807, 2.05) is 6.92 Å². The van der Waals surface area contributed by atoms with E-state index in [4.69, 9.17) is 9.26 Å². The van der Waals surface area contributed by atoms with Crippen molar-refractivity contribution in [1.82, 2.24) is 15.1 Å². The van der Waals surface area contributed by atoms with Crippen molar-refractivity contribution in [2.24, 2.45) is 0 Å². The Morgan fingerprint density at radius 2 is 2.22 bits per heavy atom. The summed E-state index contributed by atoms with van der Waals surface area (Å²) in [5, 5.41) is 5.00. The maximum Gasteiger partial charge on any atom is 0.306 e. The lowest BCUT2D eigenvalue weighted by atomic mass is 10.0. The molecule has 0 N–H and O–H groups in total. The number of fused-ring (bicyclic) bond motifs is 1. The van der Waals surface area contributed by atoms with Crippen LogP contribution in [-0.2, 0) is 22.4 Å². The molecule has 2 aliphatic carbocycles. The minimum absolute atomic E-state index is 0.137. The molecule has 1 unspecified atom stereocenters. The van der Waals surface area contributed by atoms with E-state index in [0.29, 0.717) is 18.2 Å². The molecule has 23 heavy (non-hydrogen) atoms. The quantitative estimate of drug-likeness (QED) is 0.782. The van der Waals surface area contributed by atoms with Gasteiger partial charge in [0.25, 0.3) is 0 Å². The number of ether oxygens (including phenoxy) is 1. The van der Waals surface area contributed by atoms with E-state index in [9.17, 15) is 4.79 Å². The summed E-state index contributed by atoms with van der Waals surface area (Å²) in [6.07, 6.45) is 5.74. The lowest BCUT2D eigenvalue weighted by Crippen LogP contribution is -2.16. The lowest BCUT2D eigenvalue weighted by molar-refractivity contribution is -0.150. The van der Waals surface area contributed by atoms with Gasteiger partial charge in [-0.15, -0.1) is 11.3 Å². The maximum absolute atomic E-state index is 12.1. The molecular formula is C16H19N3O3S. The first-order valence-electron chi connectivity index (χ1n) is 8.17. The van der Waals surface area contributed by atoms with Crippen LogP contribution in [-0.4, -0.2) is 21.1 Å². The molecule has 0 amide bonds. The number of carbonyl (C=O) groups excluding carboxylic acids is 1. The number of aryl methyl sites for hydroxylation is 3. The second kappa shape index (κ2) is 6.03. The average Bonchev–Trinajstić information content (AvgIpc) is 3.14. The molecule has 2 heterocycles. The second-order valence-corrected chi connectivity index (χ2v) is 7.47. The molecule has 0 bridgehead atoms. The summed E-state index contributed by atoms with van der Waals surface area (Å²) in [5.74, 6) is 1.57. The number of hydrogen-bond donors (Lipinski definition) is 0. The van der Waals surface area contributed by atoms with E-state index < -0.39 is 0 Å². The number of aromatic nitrogens is 3. The number of esters is 1. The number of thiazole rings is 1. The van der Waals surface area contributed by atoms with Crippen LogP contribution in [0.4, 0.5) is 0 Å². The number of rotatable bonds is 5. The van der Waals surface area contributed by atoms with E-state index in [0.717, 1.165) is 53.5 Å². The summed E-state index contributed by atoms with van der Waals surface area (Å²) >= 11 is 1.64. The molecule has 2 aromatic heterocycles. The second-order valence-electron chi connectivity index (χ2n) is 6.24. The Balaban J connectivity index is 1.33. The van der Waals surface area contributed by atoms with E-state index >= 15 is 0 Å². The number of hydrogen-bond acceptors (Lipinski definition) is 7. The van der Waals surface area contributed by atoms with Gasteiger partial charge in [-0.2, -0.15) is 4.98 Å². The summed E-state index contributed by atoms with van der Waals surface area (Å²) in [6, 6.07) is 0. The molecule has 0 saturated heterocycles. The molecule has 7 heteroatoms. The van der Waals surface area contributed by atoms with Crippen LogP contribution in [0, 0.1) is 6.92 Å². The standard InChI is InChI=1S/C16H19N3O3S/c1-9-17-11-3-2-4-12(15(11)23-9)21-14(20)8-7-13-18-16(19-22-13)10-5-6-10/h10,12H,2-8H2,1H3. The van der Waals surface area contributed by atoms with E-state index in [-0.39, 0.29) is 18.5 Å². The molecular weight excluding hydrogens is 314 g/mol. The zero-order valence-corrected chi connectivity index (χ0v) is 13.9. The van der Waals surface area contributed by atoms with Crippen LogP contribution in [0.15, 0.2) is 4.52 Å². The highest BCUT2D eigenvalue weighted by Gasteiger charge is 2.29. The van der Waals surface area contributed by atoms with Crippen molar-refractivity contribution in [2.45, 2.75) is 63.9 Å². The molecule has 4 rings (SSSR count). The molecule has 0 aromatic carbocycles. The maximum atomic E-state index is 12.1. The normalized spacial score (nSPS) is 20.3. The molecule has 1 fully saturated rings. The summed E-state index contributed by atoms with van der Waals surface area (Å²) < 4.78 is 10.9. The van der Waals surface area contributed by atoms with Gasteiger partial charge >= 0.3 is 5.97 Å². The Bertz CT molecular complexity index is 720. The molecule has 0 aliphatic heterocycles. The molecule has 2 aliphatic rings. The molecule has 1 saturated carbocycles. The monoisotopic (exact) mass is 333 g/mol. The Morgan fingerprint density at radius 3 is 3.04 bits per heavy atom. The van der Waals surface area contributed by atoms with Crippen molar-refractivity contribution in [3.8, 4) is 0 Å². The van der Waals surface area contributed by atoms with Crippen LogP contribution in [0.25, 0.3) is 0 Å². The van der Waals surface area contributed by atoms with Crippen LogP contribution < -0.4 is 0 Å². The number of carbonyl (C=O) groups is 1. The van der Waals surface area contributed by atoms with Crippen LogP contribution in [0.1, 0.15) is 71.4 Å². The van der Waals surface area contributed by atoms with Crippen molar-refractivity contribution in [3.63, 3.8) is 0 Å². The van der Waals surface area contributed by atoms with Gasteiger partial charge in [0.15, 0.2) is 5.82 Å². The topological polar surface area (TPSA) is 78.1 Å². The third-order valence-corrected chi connectivity index (χ3v) is 5.35. The predicted molar refractivity (Wildman–Crippen MR) is 83.2 cm³/mol. The van der Waals surface area contributed by atoms with E-state index in [1.165, 1.54) is 0 Å². The molecule has 0 radical (unpaired) electrons. The van der Waals surface area contributed by atoms with Crippen molar-refractivity contribution in [2.75, 3.05) is 0 Å². The van der Waals surface area contributed by atoms with Crippen LogP contribution >= 0.6 is 11.3 Å².